The zero-order valence-corrected chi connectivity index (χ0v) is 10.9. The van der Waals surface area contributed by atoms with Crippen LogP contribution in [-0.4, -0.2) is 18.1 Å². The first kappa shape index (κ1) is 12.0. The number of rotatable bonds is 1. The fraction of sp³-hybridized carbons (Fsp3) is 0.500. The smallest absolute Gasteiger partial charge is 0.0738 e. The quantitative estimate of drug-likeness (QED) is 0.756. The first-order valence-corrected chi connectivity index (χ1v) is 6.12. The van der Waals surface area contributed by atoms with E-state index in [0.29, 0.717) is 0 Å². The molecule has 0 spiro atoms. The molecule has 0 aromatic carbocycles. The van der Waals surface area contributed by atoms with E-state index < -0.39 is 0 Å². The maximum Gasteiger partial charge on any atom is 0.0738 e. The fourth-order valence-corrected chi connectivity index (χ4v) is 2.26. The standard InChI is InChI=1S/C14H21N3/c1-14(2,3)11-5-8-17(9-6-11)13-4-7-16-10-12(13)15/h4-5,7,10H,6,8-9,15H2,1-3H3. The van der Waals surface area contributed by atoms with E-state index >= 15 is 0 Å². The van der Waals surface area contributed by atoms with Crippen molar-refractivity contribution in [2.45, 2.75) is 27.2 Å². The van der Waals surface area contributed by atoms with E-state index in [2.05, 4.69) is 36.7 Å². The van der Waals surface area contributed by atoms with Gasteiger partial charge in [-0.05, 0) is 17.9 Å². The van der Waals surface area contributed by atoms with Crippen molar-refractivity contribution in [2.24, 2.45) is 5.41 Å². The molecule has 2 rings (SSSR count). The minimum absolute atomic E-state index is 0.288. The second-order valence-electron chi connectivity index (χ2n) is 5.61. The summed E-state index contributed by atoms with van der Waals surface area (Å²) in [6.07, 6.45) is 6.97. The first-order chi connectivity index (χ1) is 7.98. The third-order valence-electron chi connectivity index (χ3n) is 3.34. The Kier molecular flexibility index (Phi) is 3.09. The van der Waals surface area contributed by atoms with Crippen LogP contribution in [0.5, 0.6) is 0 Å². The molecule has 0 bridgehead atoms. The van der Waals surface area contributed by atoms with Gasteiger partial charge in [-0.25, -0.2) is 0 Å². The predicted molar refractivity (Wildman–Crippen MR) is 73.0 cm³/mol. The second kappa shape index (κ2) is 4.40. The van der Waals surface area contributed by atoms with Gasteiger partial charge in [0, 0.05) is 19.3 Å². The summed E-state index contributed by atoms with van der Waals surface area (Å²) in [5.41, 5.74) is 9.64. The highest BCUT2D eigenvalue weighted by molar-refractivity contribution is 5.66. The third kappa shape index (κ3) is 2.60. The molecule has 0 radical (unpaired) electrons. The Bertz CT molecular complexity index is 429. The van der Waals surface area contributed by atoms with Gasteiger partial charge in [-0.1, -0.05) is 32.4 Å². The molecule has 0 unspecified atom stereocenters. The number of hydrogen-bond acceptors (Lipinski definition) is 3. The van der Waals surface area contributed by atoms with E-state index in [1.807, 2.05) is 6.07 Å². The van der Waals surface area contributed by atoms with Crippen molar-refractivity contribution in [3.8, 4) is 0 Å². The van der Waals surface area contributed by atoms with Gasteiger partial charge in [-0.2, -0.15) is 0 Å². The summed E-state index contributed by atoms with van der Waals surface area (Å²) in [6, 6.07) is 1.99. The summed E-state index contributed by atoms with van der Waals surface area (Å²) in [5, 5.41) is 0. The average molecular weight is 231 g/mol. The van der Waals surface area contributed by atoms with Crippen LogP contribution in [0, 0.1) is 5.41 Å². The lowest BCUT2D eigenvalue weighted by atomic mass is 9.83. The predicted octanol–water partition coefficient (Wildman–Crippen LogP) is 2.85. The summed E-state index contributed by atoms with van der Waals surface area (Å²) in [4.78, 5) is 6.34. The Labute approximate surface area is 103 Å². The van der Waals surface area contributed by atoms with Crippen LogP contribution in [0.2, 0.25) is 0 Å². The SMILES string of the molecule is CC(C)(C)C1=CCN(c2ccncc2N)CC1. The molecule has 17 heavy (non-hydrogen) atoms. The van der Waals surface area contributed by atoms with E-state index in [-0.39, 0.29) is 5.41 Å². The summed E-state index contributed by atoms with van der Waals surface area (Å²) in [7, 11) is 0. The topological polar surface area (TPSA) is 42.2 Å². The number of aromatic nitrogens is 1. The van der Waals surface area contributed by atoms with Crippen molar-refractivity contribution < 1.29 is 0 Å². The zero-order valence-electron chi connectivity index (χ0n) is 10.9. The minimum atomic E-state index is 0.288. The van der Waals surface area contributed by atoms with E-state index in [9.17, 15) is 0 Å². The van der Waals surface area contributed by atoms with Crippen LogP contribution < -0.4 is 10.6 Å². The Morgan fingerprint density at radius 2 is 2.12 bits per heavy atom. The third-order valence-corrected chi connectivity index (χ3v) is 3.34. The molecule has 92 valence electrons. The highest BCUT2D eigenvalue weighted by Gasteiger charge is 2.21. The van der Waals surface area contributed by atoms with E-state index in [1.54, 1.807) is 18.0 Å². The van der Waals surface area contributed by atoms with Crippen molar-refractivity contribution in [3.63, 3.8) is 0 Å². The molecule has 0 saturated heterocycles. The maximum absolute atomic E-state index is 5.95. The van der Waals surface area contributed by atoms with Crippen molar-refractivity contribution >= 4 is 11.4 Å². The molecule has 0 aliphatic carbocycles. The van der Waals surface area contributed by atoms with Gasteiger partial charge < -0.3 is 10.6 Å². The van der Waals surface area contributed by atoms with Crippen LogP contribution in [0.4, 0.5) is 11.4 Å². The lowest BCUT2D eigenvalue weighted by Gasteiger charge is -2.33. The Balaban J connectivity index is 2.15. The van der Waals surface area contributed by atoms with Crippen LogP contribution in [0.1, 0.15) is 27.2 Å². The zero-order chi connectivity index (χ0) is 12.5. The van der Waals surface area contributed by atoms with Crippen molar-refractivity contribution in [2.75, 3.05) is 23.7 Å². The van der Waals surface area contributed by atoms with Gasteiger partial charge in [0.25, 0.3) is 0 Å². The maximum atomic E-state index is 5.95. The van der Waals surface area contributed by atoms with Crippen molar-refractivity contribution in [3.05, 3.63) is 30.1 Å². The highest BCUT2D eigenvalue weighted by Crippen LogP contribution is 2.32. The molecule has 1 aliphatic heterocycles. The molecular weight excluding hydrogens is 210 g/mol. The van der Waals surface area contributed by atoms with Crippen LogP contribution in [-0.2, 0) is 0 Å². The highest BCUT2D eigenvalue weighted by atomic mass is 15.1. The molecule has 2 heterocycles. The monoisotopic (exact) mass is 231 g/mol. The molecule has 0 saturated carbocycles. The number of anilines is 2. The van der Waals surface area contributed by atoms with Gasteiger partial charge in [-0.3, -0.25) is 4.98 Å². The van der Waals surface area contributed by atoms with Gasteiger partial charge in [0.1, 0.15) is 0 Å². The van der Waals surface area contributed by atoms with Crippen LogP contribution in [0.3, 0.4) is 0 Å². The number of nitrogen functional groups attached to an aromatic ring is 1. The second-order valence-corrected chi connectivity index (χ2v) is 5.61. The number of pyridine rings is 1. The molecule has 1 aliphatic rings. The lowest BCUT2D eigenvalue weighted by Crippen LogP contribution is -2.31. The van der Waals surface area contributed by atoms with E-state index in [4.69, 9.17) is 5.73 Å². The van der Waals surface area contributed by atoms with Crippen LogP contribution in [0.15, 0.2) is 30.1 Å². The molecule has 3 heteroatoms. The molecule has 3 nitrogen and oxygen atoms in total. The van der Waals surface area contributed by atoms with Gasteiger partial charge in [0.05, 0.1) is 17.6 Å². The summed E-state index contributed by atoms with van der Waals surface area (Å²) in [6.45, 7) is 8.80. The summed E-state index contributed by atoms with van der Waals surface area (Å²) in [5.74, 6) is 0. The average Bonchev–Trinajstić information content (AvgIpc) is 2.29. The molecule has 0 amide bonds. The summed E-state index contributed by atoms with van der Waals surface area (Å²) >= 11 is 0. The normalized spacial score (nSPS) is 16.9. The Hall–Kier alpha value is -1.51. The van der Waals surface area contributed by atoms with Gasteiger partial charge in [-0.15, -0.1) is 0 Å². The molecular formula is C14H21N3. The van der Waals surface area contributed by atoms with Crippen LogP contribution in [0.25, 0.3) is 0 Å². The number of nitrogens with zero attached hydrogens (tertiary/aromatic N) is 2. The van der Waals surface area contributed by atoms with Gasteiger partial charge in [0.2, 0.25) is 0 Å². The Morgan fingerprint density at radius 1 is 1.35 bits per heavy atom. The molecule has 0 fully saturated rings. The molecule has 0 atom stereocenters. The minimum Gasteiger partial charge on any atom is -0.396 e. The van der Waals surface area contributed by atoms with Crippen LogP contribution >= 0.6 is 0 Å². The Morgan fingerprint density at radius 3 is 2.65 bits per heavy atom. The number of hydrogen-bond donors (Lipinski definition) is 1. The van der Waals surface area contributed by atoms with E-state index in [0.717, 1.165) is 30.9 Å². The molecule has 2 N–H and O–H groups in total. The van der Waals surface area contributed by atoms with Gasteiger partial charge >= 0.3 is 0 Å². The largest absolute Gasteiger partial charge is 0.396 e. The first-order valence-electron chi connectivity index (χ1n) is 6.12. The molecule has 1 aromatic heterocycles. The van der Waals surface area contributed by atoms with Gasteiger partial charge in [0.15, 0.2) is 0 Å². The fourth-order valence-electron chi connectivity index (χ4n) is 2.26. The molecule has 1 aromatic rings. The lowest BCUT2D eigenvalue weighted by molar-refractivity contribution is 0.472. The van der Waals surface area contributed by atoms with Crippen molar-refractivity contribution in [1.82, 2.24) is 4.98 Å². The van der Waals surface area contributed by atoms with Crippen molar-refractivity contribution in [1.29, 1.82) is 0 Å². The number of nitrogens with two attached hydrogens (primary N) is 1. The van der Waals surface area contributed by atoms with E-state index in [1.165, 1.54) is 0 Å². The summed E-state index contributed by atoms with van der Waals surface area (Å²) < 4.78 is 0.